The lowest BCUT2D eigenvalue weighted by molar-refractivity contribution is 0.922. The molecule has 2 aromatic rings. The summed E-state index contributed by atoms with van der Waals surface area (Å²) in [5.74, 6) is 0. The number of nitrogens with one attached hydrogen (secondary N) is 1. The molecule has 1 heterocycles. The molecule has 0 saturated carbocycles. The first-order valence-electron chi connectivity index (χ1n) is 6.72. The second kappa shape index (κ2) is 6.60. The van der Waals surface area contributed by atoms with Gasteiger partial charge in [-0.1, -0.05) is 32.4 Å². The molecule has 0 aliphatic heterocycles. The Balaban J connectivity index is 1.89. The van der Waals surface area contributed by atoms with E-state index >= 15 is 0 Å². The van der Waals surface area contributed by atoms with Crippen molar-refractivity contribution in [2.45, 2.75) is 39.7 Å². The summed E-state index contributed by atoms with van der Waals surface area (Å²) in [5.41, 5.74) is 2.63. The van der Waals surface area contributed by atoms with E-state index < -0.39 is 0 Å². The highest BCUT2D eigenvalue weighted by Gasteiger charge is 1.99. The molecule has 1 aromatic heterocycles. The summed E-state index contributed by atoms with van der Waals surface area (Å²) >= 11 is 1.90. The molecule has 0 aliphatic rings. The zero-order valence-electron chi connectivity index (χ0n) is 11.2. The van der Waals surface area contributed by atoms with E-state index in [0.717, 1.165) is 13.0 Å². The molecule has 1 aromatic carbocycles. The van der Waals surface area contributed by atoms with Crippen LogP contribution in [0.4, 0.5) is 5.69 Å². The van der Waals surface area contributed by atoms with E-state index in [1.165, 1.54) is 33.8 Å². The summed E-state index contributed by atoms with van der Waals surface area (Å²) in [7, 11) is 0. The highest BCUT2D eigenvalue weighted by Crippen LogP contribution is 2.19. The lowest BCUT2D eigenvalue weighted by atomic mass is 10.1. The standard InChI is InChI=1S/C16H21NS/c1-3-5-13-6-8-14(9-7-13)17-12-16-11-10-15(4-2)18-16/h6-11,17H,3-5,12H2,1-2H3. The number of rotatable bonds is 6. The first-order valence-corrected chi connectivity index (χ1v) is 7.54. The van der Waals surface area contributed by atoms with Crippen LogP contribution in [0.3, 0.4) is 0 Å². The van der Waals surface area contributed by atoms with Gasteiger partial charge in [0.05, 0.1) is 0 Å². The normalized spacial score (nSPS) is 10.6. The van der Waals surface area contributed by atoms with Crippen LogP contribution in [0.25, 0.3) is 0 Å². The Morgan fingerprint density at radius 3 is 2.28 bits per heavy atom. The average Bonchev–Trinajstić information content (AvgIpc) is 2.86. The third kappa shape index (κ3) is 3.61. The number of hydrogen-bond acceptors (Lipinski definition) is 2. The molecule has 1 N–H and O–H groups in total. The van der Waals surface area contributed by atoms with Crippen LogP contribution in [-0.2, 0) is 19.4 Å². The minimum absolute atomic E-state index is 0.928. The molecule has 0 aliphatic carbocycles. The molecule has 2 rings (SSSR count). The first-order chi connectivity index (χ1) is 8.81. The number of aryl methyl sites for hydroxylation is 2. The summed E-state index contributed by atoms with van der Waals surface area (Å²) in [6.45, 7) is 5.35. The van der Waals surface area contributed by atoms with Crippen molar-refractivity contribution in [1.29, 1.82) is 0 Å². The fourth-order valence-corrected chi connectivity index (χ4v) is 2.87. The van der Waals surface area contributed by atoms with Crippen LogP contribution in [0.5, 0.6) is 0 Å². The van der Waals surface area contributed by atoms with Crippen LogP contribution in [0.15, 0.2) is 36.4 Å². The van der Waals surface area contributed by atoms with Gasteiger partial charge in [0, 0.05) is 22.0 Å². The molecule has 0 unspecified atom stereocenters. The van der Waals surface area contributed by atoms with E-state index in [9.17, 15) is 0 Å². The molecule has 1 nitrogen and oxygen atoms in total. The van der Waals surface area contributed by atoms with E-state index in [4.69, 9.17) is 0 Å². The second-order valence-electron chi connectivity index (χ2n) is 4.52. The van der Waals surface area contributed by atoms with E-state index in [1.807, 2.05) is 11.3 Å². The molecule has 0 atom stereocenters. The van der Waals surface area contributed by atoms with Gasteiger partial charge in [-0.3, -0.25) is 0 Å². The molecule has 0 spiro atoms. The predicted octanol–water partition coefficient (Wildman–Crippen LogP) is 4.88. The quantitative estimate of drug-likeness (QED) is 0.780. The smallest absolute Gasteiger partial charge is 0.0494 e. The highest BCUT2D eigenvalue weighted by molar-refractivity contribution is 7.12. The molecule has 0 radical (unpaired) electrons. The summed E-state index contributed by atoms with van der Waals surface area (Å²) in [4.78, 5) is 2.87. The number of benzene rings is 1. The van der Waals surface area contributed by atoms with Crippen molar-refractivity contribution in [1.82, 2.24) is 0 Å². The van der Waals surface area contributed by atoms with Gasteiger partial charge in [0.15, 0.2) is 0 Å². The lowest BCUT2D eigenvalue weighted by Crippen LogP contribution is -1.97. The molecule has 2 heteroatoms. The zero-order chi connectivity index (χ0) is 12.8. The van der Waals surface area contributed by atoms with Crippen molar-refractivity contribution in [3.05, 3.63) is 51.7 Å². The molecular formula is C16H21NS. The van der Waals surface area contributed by atoms with Crippen molar-refractivity contribution in [3.63, 3.8) is 0 Å². The number of hydrogen-bond donors (Lipinski definition) is 1. The summed E-state index contributed by atoms with van der Waals surface area (Å²) in [5, 5.41) is 3.48. The zero-order valence-corrected chi connectivity index (χ0v) is 12.0. The SMILES string of the molecule is CCCc1ccc(NCc2ccc(CC)s2)cc1. The maximum atomic E-state index is 3.48. The number of anilines is 1. The van der Waals surface area contributed by atoms with Crippen LogP contribution in [0.2, 0.25) is 0 Å². The Kier molecular flexibility index (Phi) is 4.82. The van der Waals surface area contributed by atoms with Gasteiger partial charge in [-0.15, -0.1) is 11.3 Å². The Labute approximate surface area is 114 Å². The minimum Gasteiger partial charge on any atom is -0.380 e. The third-order valence-electron chi connectivity index (χ3n) is 3.03. The van der Waals surface area contributed by atoms with Crippen molar-refractivity contribution in [2.75, 3.05) is 5.32 Å². The molecule has 0 bridgehead atoms. The maximum Gasteiger partial charge on any atom is 0.0494 e. The fourth-order valence-electron chi connectivity index (χ4n) is 1.97. The Morgan fingerprint density at radius 1 is 0.944 bits per heavy atom. The molecule has 0 fully saturated rings. The van der Waals surface area contributed by atoms with Crippen LogP contribution in [0, 0.1) is 0 Å². The van der Waals surface area contributed by atoms with Gasteiger partial charge < -0.3 is 5.32 Å². The fraction of sp³-hybridized carbons (Fsp3) is 0.375. The molecule has 18 heavy (non-hydrogen) atoms. The first kappa shape index (κ1) is 13.2. The monoisotopic (exact) mass is 259 g/mol. The van der Waals surface area contributed by atoms with Gasteiger partial charge in [-0.25, -0.2) is 0 Å². The Bertz CT molecular complexity index is 470. The van der Waals surface area contributed by atoms with Gasteiger partial charge >= 0.3 is 0 Å². The predicted molar refractivity (Wildman–Crippen MR) is 81.5 cm³/mol. The molecule has 0 saturated heterocycles. The largest absolute Gasteiger partial charge is 0.380 e. The van der Waals surface area contributed by atoms with Gasteiger partial charge in [-0.2, -0.15) is 0 Å². The second-order valence-corrected chi connectivity index (χ2v) is 5.77. The van der Waals surface area contributed by atoms with E-state index in [1.54, 1.807) is 0 Å². The summed E-state index contributed by atoms with van der Waals surface area (Å²) < 4.78 is 0. The van der Waals surface area contributed by atoms with E-state index in [-0.39, 0.29) is 0 Å². The van der Waals surface area contributed by atoms with Crippen molar-refractivity contribution < 1.29 is 0 Å². The molecular weight excluding hydrogens is 238 g/mol. The lowest BCUT2D eigenvalue weighted by Gasteiger charge is -2.06. The summed E-state index contributed by atoms with van der Waals surface area (Å²) in [6.07, 6.45) is 3.52. The average molecular weight is 259 g/mol. The van der Waals surface area contributed by atoms with Crippen LogP contribution >= 0.6 is 11.3 Å². The van der Waals surface area contributed by atoms with Gasteiger partial charge in [0.25, 0.3) is 0 Å². The van der Waals surface area contributed by atoms with Gasteiger partial charge in [0.2, 0.25) is 0 Å². The van der Waals surface area contributed by atoms with Crippen LogP contribution < -0.4 is 5.32 Å². The van der Waals surface area contributed by atoms with Crippen molar-refractivity contribution >= 4 is 17.0 Å². The molecule has 0 amide bonds. The molecule has 96 valence electrons. The van der Waals surface area contributed by atoms with E-state index in [2.05, 4.69) is 55.6 Å². The van der Waals surface area contributed by atoms with Crippen molar-refractivity contribution in [3.8, 4) is 0 Å². The van der Waals surface area contributed by atoms with E-state index in [0.29, 0.717) is 0 Å². The van der Waals surface area contributed by atoms with Crippen molar-refractivity contribution in [2.24, 2.45) is 0 Å². The minimum atomic E-state index is 0.928. The number of thiophene rings is 1. The van der Waals surface area contributed by atoms with Crippen LogP contribution in [0.1, 0.15) is 35.6 Å². The van der Waals surface area contributed by atoms with Gasteiger partial charge in [0.1, 0.15) is 0 Å². The maximum absolute atomic E-state index is 3.48. The Morgan fingerprint density at radius 2 is 1.67 bits per heavy atom. The topological polar surface area (TPSA) is 12.0 Å². The Hall–Kier alpha value is -1.28. The van der Waals surface area contributed by atoms with Gasteiger partial charge in [-0.05, 0) is 42.7 Å². The summed E-state index contributed by atoms with van der Waals surface area (Å²) in [6, 6.07) is 13.3. The third-order valence-corrected chi connectivity index (χ3v) is 4.25. The highest BCUT2D eigenvalue weighted by atomic mass is 32.1. The van der Waals surface area contributed by atoms with Crippen LogP contribution in [-0.4, -0.2) is 0 Å².